The number of carbonyl (C=O) groups excluding carboxylic acids is 2. The lowest BCUT2D eigenvalue weighted by Crippen LogP contribution is -2.29. The largest absolute Gasteiger partial charge is 0.286 e. The summed E-state index contributed by atoms with van der Waals surface area (Å²) >= 11 is 0.941. The van der Waals surface area contributed by atoms with Crippen molar-refractivity contribution in [3.05, 3.63) is 0 Å². The van der Waals surface area contributed by atoms with Crippen molar-refractivity contribution in [1.82, 2.24) is 4.90 Å². The van der Waals surface area contributed by atoms with Crippen LogP contribution < -0.4 is 0 Å². The molecule has 1 aliphatic rings. The first-order valence-electron chi connectivity index (χ1n) is 4.14. The quantitative estimate of drug-likeness (QED) is 0.418. The van der Waals surface area contributed by atoms with Crippen LogP contribution in [0.15, 0.2) is 0 Å². The van der Waals surface area contributed by atoms with Crippen molar-refractivity contribution in [3.8, 4) is 0 Å². The van der Waals surface area contributed by atoms with E-state index in [2.05, 4.69) is 0 Å². The first-order chi connectivity index (χ1) is 5.34. The fraction of sp³-hybridized carbons (Fsp3) is 0.750. The van der Waals surface area contributed by atoms with Gasteiger partial charge in [0, 0.05) is 19.4 Å². The summed E-state index contributed by atoms with van der Waals surface area (Å²) in [5, 5.41) is 0. The van der Waals surface area contributed by atoms with E-state index in [0.29, 0.717) is 6.42 Å². The fourth-order valence-electron chi connectivity index (χ4n) is 1.43. The van der Waals surface area contributed by atoms with Crippen molar-refractivity contribution in [2.45, 2.75) is 24.5 Å². The molecule has 1 saturated heterocycles. The van der Waals surface area contributed by atoms with Gasteiger partial charge in [0.05, 0.1) is 0 Å². The zero-order valence-corrected chi connectivity index (χ0v) is 10.0. The molecule has 0 aromatic rings. The first kappa shape index (κ1) is 9.76. The molecule has 1 atom stereocenters. The van der Waals surface area contributed by atoms with E-state index in [1.807, 2.05) is 13.8 Å². The molecule has 0 aliphatic carbocycles. The van der Waals surface area contributed by atoms with Crippen LogP contribution in [0.1, 0.15) is 20.3 Å². The molecule has 0 aromatic heterocycles. The highest BCUT2D eigenvalue weighted by atomic mass is 27.0. The summed E-state index contributed by atoms with van der Waals surface area (Å²) in [5.74, 6) is -0.101. The Kier molecular flexibility index (Phi) is 2.33. The van der Waals surface area contributed by atoms with Gasteiger partial charge in [-0.3, -0.25) is 14.5 Å². The third-order valence-corrected chi connectivity index (χ3v) is 3.12. The maximum atomic E-state index is 11.5. The summed E-state index contributed by atoms with van der Waals surface area (Å²) in [4.78, 5) is 23.9. The summed E-state index contributed by atoms with van der Waals surface area (Å²) in [6, 6.07) is 0. The molecule has 3 nitrogen and oxygen atoms in total. The van der Waals surface area contributed by atoms with Gasteiger partial charge in [-0.05, 0) is 0 Å². The van der Waals surface area contributed by atoms with Gasteiger partial charge in [0.25, 0.3) is 0 Å². The van der Waals surface area contributed by atoms with Gasteiger partial charge in [-0.25, -0.2) is 0 Å². The maximum Gasteiger partial charge on any atom is 0.231 e. The minimum atomic E-state index is -0.0679. The zero-order valence-electron chi connectivity index (χ0n) is 8.05. The van der Waals surface area contributed by atoms with E-state index in [1.54, 1.807) is 7.05 Å². The Balaban J connectivity index is 2.86. The van der Waals surface area contributed by atoms with Crippen LogP contribution in [-0.4, -0.2) is 40.1 Å². The van der Waals surface area contributed by atoms with Gasteiger partial charge >= 0.3 is 0 Å². The van der Waals surface area contributed by atoms with Crippen LogP contribution in [0.4, 0.5) is 0 Å². The SMILES string of the molecule is CN1C(=O)CC([C](C)(C)[AlH2])C1=O. The second kappa shape index (κ2) is 2.86. The average Bonchev–Trinajstić information content (AvgIpc) is 2.15. The Hall–Kier alpha value is -0.328. The summed E-state index contributed by atoms with van der Waals surface area (Å²) in [7, 11) is 1.57. The molecule has 2 amide bonds. The van der Waals surface area contributed by atoms with E-state index in [4.69, 9.17) is 0 Å². The number of hydrogen-bond acceptors (Lipinski definition) is 2. The Morgan fingerprint density at radius 2 is 2.00 bits per heavy atom. The van der Waals surface area contributed by atoms with Gasteiger partial charge in [-0.1, -0.05) is 18.1 Å². The highest BCUT2D eigenvalue weighted by molar-refractivity contribution is 6.18. The molecule has 66 valence electrons. The van der Waals surface area contributed by atoms with E-state index in [1.165, 1.54) is 4.90 Å². The normalized spacial score (nSPS) is 25.2. The summed E-state index contributed by atoms with van der Waals surface area (Å²) in [6.45, 7) is 4.10. The van der Waals surface area contributed by atoms with Crippen LogP contribution in [0.25, 0.3) is 0 Å². The van der Waals surface area contributed by atoms with Crippen molar-refractivity contribution >= 4 is 28.1 Å². The second-order valence-corrected chi connectivity index (χ2v) is 6.99. The summed E-state index contributed by atoms with van der Waals surface area (Å²) < 4.78 is 0.0392. The predicted molar refractivity (Wildman–Crippen MR) is 48.5 cm³/mol. The third-order valence-electron chi connectivity index (χ3n) is 2.43. The molecule has 4 heteroatoms. The Bertz CT molecular complexity index is 232. The molecule has 0 bridgehead atoms. The topological polar surface area (TPSA) is 37.4 Å². The summed E-state index contributed by atoms with van der Waals surface area (Å²) in [5.41, 5.74) is 0. The molecular weight excluding hydrogens is 169 g/mol. The van der Waals surface area contributed by atoms with Crippen LogP contribution in [-0.2, 0) is 9.59 Å². The number of amides is 2. The van der Waals surface area contributed by atoms with Crippen LogP contribution >= 0.6 is 0 Å². The summed E-state index contributed by atoms with van der Waals surface area (Å²) in [6.07, 6.45) is 0.409. The van der Waals surface area contributed by atoms with Gasteiger partial charge in [-0.2, -0.15) is 0 Å². The molecular formula is C8H14AlNO2. The predicted octanol–water partition coefficient (Wildman–Crippen LogP) is -0.177. The molecule has 1 aliphatic heterocycles. The first-order valence-corrected chi connectivity index (χ1v) is 5.14. The fourth-order valence-corrected chi connectivity index (χ4v) is 1.88. The van der Waals surface area contributed by atoms with Gasteiger partial charge in [0.15, 0.2) is 0 Å². The number of carbonyl (C=O) groups is 2. The number of nitrogens with zero attached hydrogens (tertiary/aromatic N) is 1. The lowest BCUT2D eigenvalue weighted by molar-refractivity contribution is -0.137. The molecule has 0 saturated carbocycles. The second-order valence-electron chi connectivity index (χ2n) is 4.41. The van der Waals surface area contributed by atoms with Crippen molar-refractivity contribution in [2.75, 3.05) is 7.05 Å². The molecule has 1 unspecified atom stereocenters. The minimum absolute atomic E-state index is 0.000000000000000222. The van der Waals surface area contributed by atoms with Crippen molar-refractivity contribution in [1.29, 1.82) is 0 Å². The number of likely N-dealkylation sites (tertiary alicyclic amines) is 1. The number of hydrogen-bond donors (Lipinski definition) is 0. The number of imide groups is 1. The van der Waals surface area contributed by atoms with E-state index < -0.39 is 0 Å². The molecule has 1 fully saturated rings. The van der Waals surface area contributed by atoms with Crippen molar-refractivity contribution < 1.29 is 9.59 Å². The van der Waals surface area contributed by atoms with Gasteiger partial charge in [0.2, 0.25) is 28.1 Å². The molecule has 0 aromatic carbocycles. The highest BCUT2D eigenvalue weighted by Gasteiger charge is 2.42. The smallest absolute Gasteiger partial charge is 0.231 e. The Labute approximate surface area is 80.5 Å². The monoisotopic (exact) mass is 183 g/mol. The van der Waals surface area contributed by atoms with Crippen LogP contribution in [0.5, 0.6) is 0 Å². The lowest BCUT2D eigenvalue weighted by atomic mass is 9.93. The van der Waals surface area contributed by atoms with Crippen LogP contribution in [0.2, 0.25) is 4.28 Å². The lowest BCUT2D eigenvalue weighted by Gasteiger charge is -2.24. The zero-order chi connectivity index (χ0) is 9.52. The van der Waals surface area contributed by atoms with Crippen LogP contribution in [0.3, 0.4) is 0 Å². The van der Waals surface area contributed by atoms with Gasteiger partial charge in [0.1, 0.15) is 0 Å². The van der Waals surface area contributed by atoms with E-state index in [0.717, 1.165) is 16.3 Å². The van der Waals surface area contributed by atoms with Crippen LogP contribution in [0, 0.1) is 5.92 Å². The third kappa shape index (κ3) is 1.55. The molecule has 0 radical (unpaired) electrons. The van der Waals surface area contributed by atoms with Crippen molar-refractivity contribution in [2.24, 2.45) is 5.92 Å². The average molecular weight is 183 g/mol. The minimum Gasteiger partial charge on any atom is -0.286 e. The van der Waals surface area contributed by atoms with E-state index >= 15 is 0 Å². The van der Waals surface area contributed by atoms with Gasteiger partial charge in [-0.15, -0.1) is 0 Å². The molecule has 0 N–H and O–H groups in total. The van der Waals surface area contributed by atoms with Gasteiger partial charge < -0.3 is 0 Å². The maximum absolute atomic E-state index is 11.5. The standard InChI is InChI=1S/C8H12NO2.Al.2H/c1-5(2)6-4-7(10)9(3)8(6)11;;;/h6H,4H2,1-3H3;;;. The molecule has 1 heterocycles. The Morgan fingerprint density at radius 3 is 2.17 bits per heavy atom. The van der Waals surface area contributed by atoms with E-state index in [-0.39, 0.29) is 22.0 Å². The molecule has 1 rings (SSSR count). The molecule has 12 heavy (non-hydrogen) atoms. The van der Waals surface area contributed by atoms with Crippen molar-refractivity contribution in [3.63, 3.8) is 0 Å². The molecule has 0 spiro atoms. The Morgan fingerprint density at radius 1 is 1.50 bits per heavy atom. The van der Waals surface area contributed by atoms with E-state index in [9.17, 15) is 9.59 Å². The number of rotatable bonds is 1. The highest BCUT2D eigenvalue weighted by Crippen LogP contribution is 2.37.